The Kier molecular flexibility index (Phi) is 5.09. The molecule has 0 saturated heterocycles. The van der Waals surface area contributed by atoms with Crippen molar-refractivity contribution in [3.63, 3.8) is 0 Å². The molecule has 1 N–H and O–H groups in total. The minimum atomic E-state index is -0.403. The molecule has 9 heteroatoms. The van der Waals surface area contributed by atoms with E-state index in [9.17, 15) is 9.59 Å². The molecule has 0 spiro atoms. The molecule has 0 aliphatic rings. The van der Waals surface area contributed by atoms with Crippen LogP contribution in [0.15, 0.2) is 53.3 Å². The first kappa shape index (κ1) is 19.4. The van der Waals surface area contributed by atoms with Crippen LogP contribution >= 0.6 is 0 Å². The molecule has 0 fully saturated rings. The van der Waals surface area contributed by atoms with Gasteiger partial charge in [-0.05, 0) is 31.2 Å². The maximum Gasteiger partial charge on any atom is 0.351 e. The topological polar surface area (TPSA) is 93.8 Å². The molecule has 0 bridgehead atoms. The van der Waals surface area contributed by atoms with Gasteiger partial charge in [0.25, 0.3) is 0 Å². The number of nitrogens with one attached hydrogen (secondary N) is 1. The van der Waals surface area contributed by atoms with Gasteiger partial charge < -0.3 is 15.0 Å². The summed E-state index contributed by atoms with van der Waals surface area (Å²) in [5.74, 6) is 0.740. The summed E-state index contributed by atoms with van der Waals surface area (Å²) in [5.41, 5.74) is 1.84. The van der Waals surface area contributed by atoms with E-state index in [4.69, 9.17) is 4.74 Å². The average molecular weight is 406 g/mol. The quantitative estimate of drug-likeness (QED) is 0.527. The smallest absolute Gasteiger partial charge is 0.351 e. The number of benzene rings is 2. The minimum absolute atomic E-state index is 0.234. The molecule has 4 rings (SSSR count). The van der Waals surface area contributed by atoms with E-state index in [1.54, 1.807) is 29.2 Å². The van der Waals surface area contributed by atoms with E-state index in [1.807, 2.05) is 45.3 Å². The number of aromatic nitrogens is 4. The van der Waals surface area contributed by atoms with Gasteiger partial charge in [-0.1, -0.05) is 24.3 Å². The summed E-state index contributed by atoms with van der Waals surface area (Å²) in [6, 6.07) is 14.5. The van der Waals surface area contributed by atoms with Gasteiger partial charge in [0, 0.05) is 14.1 Å². The van der Waals surface area contributed by atoms with Crippen LogP contribution in [-0.2, 0) is 11.3 Å². The fourth-order valence-corrected chi connectivity index (χ4v) is 3.26. The Hall–Kier alpha value is -3.88. The molecule has 2 aromatic carbocycles. The molecule has 30 heavy (non-hydrogen) atoms. The monoisotopic (exact) mass is 406 g/mol. The normalized spacial score (nSPS) is 11.0. The highest BCUT2D eigenvalue weighted by Crippen LogP contribution is 2.24. The lowest BCUT2D eigenvalue weighted by atomic mass is 10.3. The maximum absolute atomic E-state index is 13.1. The van der Waals surface area contributed by atoms with Crippen molar-refractivity contribution in [3.05, 3.63) is 59.0 Å². The Morgan fingerprint density at radius 1 is 1.13 bits per heavy atom. The lowest BCUT2D eigenvalue weighted by Crippen LogP contribution is -2.28. The number of amides is 1. The third-order valence-corrected chi connectivity index (χ3v) is 4.57. The molecule has 0 atom stereocenters. The van der Waals surface area contributed by atoms with Gasteiger partial charge in [0.1, 0.15) is 12.3 Å². The highest BCUT2D eigenvalue weighted by Gasteiger charge is 2.19. The van der Waals surface area contributed by atoms with E-state index in [-0.39, 0.29) is 12.5 Å². The molecule has 0 aliphatic heterocycles. The summed E-state index contributed by atoms with van der Waals surface area (Å²) >= 11 is 0. The van der Waals surface area contributed by atoms with Crippen LogP contribution in [-0.4, -0.2) is 45.8 Å². The van der Waals surface area contributed by atoms with Crippen LogP contribution in [0.1, 0.15) is 6.92 Å². The summed E-state index contributed by atoms with van der Waals surface area (Å²) in [7, 11) is 3.66. The second-order valence-electron chi connectivity index (χ2n) is 6.90. The number of nitrogens with zero attached hydrogens (tertiary/aromatic N) is 5. The molecule has 0 radical (unpaired) electrons. The lowest BCUT2D eigenvalue weighted by Gasteiger charge is -2.12. The summed E-state index contributed by atoms with van der Waals surface area (Å²) in [5, 5.41) is 7.19. The van der Waals surface area contributed by atoms with E-state index in [0.717, 1.165) is 4.68 Å². The van der Waals surface area contributed by atoms with Crippen molar-refractivity contribution in [3.8, 4) is 5.75 Å². The van der Waals surface area contributed by atoms with Crippen molar-refractivity contribution < 1.29 is 9.53 Å². The Labute approximate surface area is 172 Å². The number of hydrogen-bond donors (Lipinski definition) is 1. The Morgan fingerprint density at radius 2 is 1.87 bits per heavy atom. The van der Waals surface area contributed by atoms with Crippen LogP contribution in [0.3, 0.4) is 0 Å². The van der Waals surface area contributed by atoms with E-state index in [2.05, 4.69) is 15.4 Å². The second-order valence-corrected chi connectivity index (χ2v) is 6.90. The third-order valence-electron chi connectivity index (χ3n) is 4.57. The summed E-state index contributed by atoms with van der Waals surface area (Å²) in [6.45, 7) is 2.11. The molecule has 154 valence electrons. The average Bonchev–Trinajstić information content (AvgIpc) is 3.05. The number of fused-ring (bicyclic) bond motifs is 3. The van der Waals surface area contributed by atoms with Crippen LogP contribution in [0.5, 0.6) is 5.75 Å². The highest BCUT2D eigenvalue weighted by atomic mass is 16.5. The van der Waals surface area contributed by atoms with Crippen LogP contribution in [0.25, 0.3) is 16.7 Å². The number of hydrogen-bond acceptors (Lipinski definition) is 6. The lowest BCUT2D eigenvalue weighted by molar-refractivity contribution is -0.117. The standard InChI is InChI=1S/C21H22N6O3/c1-4-30-17-12-8-6-10-15(17)22-18(28)13-26-21(29)27-16-11-7-5-9-14(16)23-19(25(2)3)20(27)24-26/h5-12H,4,13H2,1-3H3,(H,22,28). The van der Waals surface area contributed by atoms with E-state index >= 15 is 0 Å². The molecule has 1 amide bonds. The van der Waals surface area contributed by atoms with Gasteiger partial charge >= 0.3 is 5.69 Å². The minimum Gasteiger partial charge on any atom is -0.492 e. The number of carbonyl (C=O) groups excluding carboxylic acids is 1. The van der Waals surface area contributed by atoms with Crippen molar-refractivity contribution in [2.24, 2.45) is 0 Å². The Balaban J connectivity index is 1.73. The fraction of sp³-hybridized carbons (Fsp3) is 0.238. The largest absolute Gasteiger partial charge is 0.492 e. The van der Waals surface area contributed by atoms with Gasteiger partial charge in [0.05, 0.1) is 23.3 Å². The van der Waals surface area contributed by atoms with Gasteiger partial charge in [-0.15, -0.1) is 5.10 Å². The van der Waals surface area contributed by atoms with Gasteiger partial charge in [-0.3, -0.25) is 4.79 Å². The molecular weight excluding hydrogens is 384 g/mol. The van der Waals surface area contributed by atoms with Crippen molar-refractivity contribution in [1.29, 1.82) is 0 Å². The SMILES string of the molecule is CCOc1ccccc1NC(=O)Cn1nc2c(N(C)C)nc3ccccc3n2c1=O. The van der Waals surface area contributed by atoms with Gasteiger partial charge in [0.15, 0.2) is 5.82 Å². The molecule has 0 aliphatic carbocycles. The number of para-hydroxylation sites is 4. The summed E-state index contributed by atoms with van der Waals surface area (Å²) in [4.78, 5) is 32.1. The predicted octanol–water partition coefficient (Wildman–Crippen LogP) is 2.15. The Morgan fingerprint density at radius 3 is 2.63 bits per heavy atom. The highest BCUT2D eigenvalue weighted by molar-refractivity contribution is 5.92. The molecule has 4 aromatic rings. The molecule has 0 unspecified atom stereocenters. The van der Waals surface area contributed by atoms with Gasteiger partial charge in [-0.2, -0.15) is 0 Å². The molecule has 0 saturated carbocycles. The zero-order valence-corrected chi connectivity index (χ0v) is 17.0. The van der Waals surface area contributed by atoms with E-state index in [0.29, 0.717) is 40.5 Å². The van der Waals surface area contributed by atoms with Gasteiger partial charge in [-0.25, -0.2) is 18.9 Å². The van der Waals surface area contributed by atoms with Gasteiger partial charge in [0.2, 0.25) is 11.6 Å². The third kappa shape index (κ3) is 3.45. The first-order chi connectivity index (χ1) is 14.5. The summed E-state index contributed by atoms with van der Waals surface area (Å²) < 4.78 is 8.17. The Bertz CT molecular complexity index is 1290. The molecule has 9 nitrogen and oxygen atoms in total. The number of ether oxygens (including phenoxy) is 1. The van der Waals surface area contributed by atoms with E-state index < -0.39 is 5.69 Å². The number of rotatable bonds is 6. The van der Waals surface area contributed by atoms with Crippen LogP contribution in [0.4, 0.5) is 11.5 Å². The maximum atomic E-state index is 13.1. The first-order valence-corrected chi connectivity index (χ1v) is 9.57. The van der Waals surface area contributed by atoms with Crippen LogP contribution < -0.4 is 20.6 Å². The molecule has 2 aromatic heterocycles. The number of carbonyl (C=O) groups is 1. The van der Waals surface area contributed by atoms with Crippen LogP contribution in [0.2, 0.25) is 0 Å². The molecular formula is C21H22N6O3. The first-order valence-electron chi connectivity index (χ1n) is 9.57. The second kappa shape index (κ2) is 7.86. The zero-order valence-electron chi connectivity index (χ0n) is 17.0. The number of anilines is 2. The van der Waals surface area contributed by atoms with Crippen molar-refractivity contribution in [2.45, 2.75) is 13.5 Å². The molecule has 2 heterocycles. The van der Waals surface area contributed by atoms with Crippen molar-refractivity contribution in [2.75, 3.05) is 30.9 Å². The fourth-order valence-electron chi connectivity index (χ4n) is 3.26. The van der Waals surface area contributed by atoms with Crippen LogP contribution in [0, 0.1) is 0 Å². The predicted molar refractivity (Wildman–Crippen MR) is 115 cm³/mol. The van der Waals surface area contributed by atoms with Crippen molar-refractivity contribution in [1.82, 2.24) is 19.2 Å². The van der Waals surface area contributed by atoms with Crippen molar-refractivity contribution >= 4 is 34.1 Å². The summed E-state index contributed by atoms with van der Waals surface area (Å²) in [6.07, 6.45) is 0. The van der Waals surface area contributed by atoms with E-state index in [1.165, 1.54) is 4.40 Å². The zero-order chi connectivity index (χ0) is 21.3.